The van der Waals surface area contributed by atoms with Gasteiger partial charge in [0.15, 0.2) is 0 Å². The highest BCUT2D eigenvalue weighted by Gasteiger charge is 2.31. The fourth-order valence-electron chi connectivity index (χ4n) is 2.87. The van der Waals surface area contributed by atoms with E-state index in [1.165, 1.54) is 12.1 Å². The Bertz CT molecular complexity index is 767. The first-order valence-corrected chi connectivity index (χ1v) is 8.26. The molecule has 2 aromatic carbocycles. The van der Waals surface area contributed by atoms with Crippen molar-refractivity contribution in [1.82, 2.24) is 9.80 Å². The molecule has 0 aromatic heterocycles. The Balaban J connectivity index is 1.75. The van der Waals surface area contributed by atoms with Crippen LogP contribution in [0.2, 0.25) is 0 Å². The van der Waals surface area contributed by atoms with E-state index in [2.05, 4.69) is 9.64 Å². The molecule has 138 valence electrons. The Kier molecular flexibility index (Phi) is 5.18. The molecule has 0 saturated carbocycles. The van der Waals surface area contributed by atoms with Gasteiger partial charge in [0.05, 0.1) is 0 Å². The normalized spacial score (nSPS) is 15.8. The minimum absolute atomic E-state index is 0.0306. The van der Waals surface area contributed by atoms with Crippen molar-refractivity contribution in [2.24, 2.45) is 0 Å². The highest BCUT2D eigenvalue weighted by molar-refractivity contribution is 5.95. The number of ether oxygens (including phenoxy) is 1. The molecule has 0 spiro atoms. The third-order valence-electron chi connectivity index (χ3n) is 4.32. The van der Waals surface area contributed by atoms with Gasteiger partial charge in [-0.1, -0.05) is 24.3 Å². The van der Waals surface area contributed by atoms with Crippen LogP contribution >= 0.6 is 0 Å². The highest BCUT2D eigenvalue weighted by atomic mass is 19.4. The monoisotopic (exact) mass is 364 g/mol. The zero-order chi connectivity index (χ0) is 18.7. The molecule has 2 aromatic rings. The molecule has 0 unspecified atom stereocenters. The molecule has 1 fully saturated rings. The van der Waals surface area contributed by atoms with E-state index >= 15 is 0 Å². The first kappa shape index (κ1) is 18.3. The lowest BCUT2D eigenvalue weighted by Crippen LogP contribution is -2.47. The summed E-state index contributed by atoms with van der Waals surface area (Å²) in [5, 5.41) is 0. The number of nitrogens with zero attached hydrogens (tertiary/aromatic N) is 2. The molecule has 0 aliphatic carbocycles. The molecule has 7 heteroatoms. The predicted molar refractivity (Wildman–Crippen MR) is 92.0 cm³/mol. The number of carbonyl (C=O) groups excluding carboxylic acids is 1. The van der Waals surface area contributed by atoms with Crippen LogP contribution in [0, 0.1) is 0 Å². The zero-order valence-electron chi connectivity index (χ0n) is 14.3. The van der Waals surface area contributed by atoms with Crippen LogP contribution in [0.3, 0.4) is 0 Å². The Hall–Kier alpha value is -2.54. The second-order valence-corrected chi connectivity index (χ2v) is 6.25. The van der Waals surface area contributed by atoms with Crippen LogP contribution in [-0.2, 0) is 0 Å². The van der Waals surface area contributed by atoms with Crippen molar-refractivity contribution in [1.29, 1.82) is 0 Å². The summed E-state index contributed by atoms with van der Waals surface area (Å²) in [7, 11) is 2.02. The maximum Gasteiger partial charge on any atom is 0.573 e. The van der Waals surface area contributed by atoms with Crippen LogP contribution in [0.25, 0.3) is 11.1 Å². The Labute approximate surface area is 149 Å². The van der Waals surface area contributed by atoms with Gasteiger partial charge in [-0.05, 0) is 42.4 Å². The molecular formula is C19H19F3N2O2. The van der Waals surface area contributed by atoms with Crippen LogP contribution in [0.1, 0.15) is 10.4 Å². The number of hydrogen-bond donors (Lipinski definition) is 0. The van der Waals surface area contributed by atoms with Crippen LogP contribution in [-0.4, -0.2) is 55.3 Å². The molecule has 1 aliphatic rings. The Morgan fingerprint density at radius 1 is 0.962 bits per heavy atom. The molecule has 4 nitrogen and oxygen atoms in total. The smallest absolute Gasteiger partial charge is 0.406 e. The molecular weight excluding hydrogens is 345 g/mol. The maximum atomic E-state index is 12.7. The fourth-order valence-corrected chi connectivity index (χ4v) is 2.87. The predicted octanol–water partition coefficient (Wildman–Crippen LogP) is 3.64. The maximum absolute atomic E-state index is 12.7. The van der Waals surface area contributed by atoms with Gasteiger partial charge >= 0.3 is 6.36 Å². The molecule has 1 aliphatic heterocycles. The van der Waals surface area contributed by atoms with Crippen molar-refractivity contribution in [2.45, 2.75) is 6.36 Å². The number of rotatable bonds is 3. The van der Waals surface area contributed by atoms with E-state index in [0.717, 1.165) is 18.7 Å². The van der Waals surface area contributed by atoms with E-state index in [-0.39, 0.29) is 11.7 Å². The third kappa shape index (κ3) is 4.54. The average Bonchev–Trinajstić information content (AvgIpc) is 2.61. The minimum atomic E-state index is -4.71. The van der Waals surface area contributed by atoms with Crippen molar-refractivity contribution in [3.63, 3.8) is 0 Å². The van der Waals surface area contributed by atoms with Gasteiger partial charge in [-0.3, -0.25) is 4.79 Å². The van der Waals surface area contributed by atoms with Crippen molar-refractivity contribution in [2.75, 3.05) is 33.2 Å². The molecule has 1 saturated heterocycles. The fraction of sp³-hybridized carbons (Fsp3) is 0.316. The number of benzene rings is 2. The van der Waals surface area contributed by atoms with Gasteiger partial charge in [0, 0.05) is 31.7 Å². The van der Waals surface area contributed by atoms with Crippen LogP contribution < -0.4 is 4.74 Å². The molecule has 1 heterocycles. The molecule has 26 heavy (non-hydrogen) atoms. The van der Waals surface area contributed by atoms with E-state index in [9.17, 15) is 18.0 Å². The average molecular weight is 364 g/mol. The number of likely N-dealkylation sites (N-methyl/N-ethyl adjacent to an activating group) is 1. The van der Waals surface area contributed by atoms with Crippen LogP contribution in [0.5, 0.6) is 5.75 Å². The zero-order valence-corrected chi connectivity index (χ0v) is 14.3. The number of amides is 1. The summed E-state index contributed by atoms with van der Waals surface area (Å²) in [6.07, 6.45) is -4.71. The third-order valence-corrected chi connectivity index (χ3v) is 4.32. The minimum Gasteiger partial charge on any atom is -0.406 e. The van der Waals surface area contributed by atoms with Gasteiger partial charge < -0.3 is 14.5 Å². The largest absolute Gasteiger partial charge is 0.573 e. The summed E-state index contributed by atoms with van der Waals surface area (Å²) in [6, 6.07) is 12.7. The standard InChI is InChI=1S/C19H19F3N2O2/c1-23-9-11-24(12-10-23)18(25)16-4-2-3-15(13-16)14-5-7-17(8-6-14)26-19(20,21)22/h2-8,13H,9-12H2,1H3. The second kappa shape index (κ2) is 7.37. The summed E-state index contributed by atoms with van der Waals surface area (Å²) in [4.78, 5) is 16.7. The highest BCUT2D eigenvalue weighted by Crippen LogP contribution is 2.27. The van der Waals surface area contributed by atoms with Crippen molar-refractivity contribution in [3.8, 4) is 16.9 Å². The molecule has 0 radical (unpaired) electrons. The van der Waals surface area contributed by atoms with Crippen LogP contribution in [0.15, 0.2) is 48.5 Å². The van der Waals surface area contributed by atoms with E-state index in [1.54, 1.807) is 30.3 Å². The summed E-state index contributed by atoms with van der Waals surface area (Å²) in [5.74, 6) is -0.303. The number of halogens is 3. The quantitative estimate of drug-likeness (QED) is 0.834. The van der Waals surface area contributed by atoms with E-state index in [0.29, 0.717) is 24.2 Å². The van der Waals surface area contributed by atoms with Crippen molar-refractivity contribution >= 4 is 5.91 Å². The molecule has 0 atom stereocenters. The Morgan fingerprint density at radius 3 is 2.23 bits per heavy atom. The SMILES string of the molecule is CN1CCN(C(=O)c2cccc(-c3ccc(OC(F)(F)F)cc3)c2)CC1. The summed E-state index contributed by atoms with van der Waals surface area (Å²) in [5.41, 5.74) is 2.05. The lowest BCUT2D eigenvalue weighted by molar-refractivity contribution is -0.274. The number of carbonyl (C=O) groups is 1. The summed E-state index contributed by atoms with van der Waals surface area (Å²) < 4.78 is 40.6. The Morgan fingerprint density at radius 2 is 1.62 bits per heavy atom. The summed E-state index contributed by atoms with van der Waals surface area (Å²) in [6.45, 7) is 3.05. The number of piperazine rings is 1. The van der Waals surface area contributed by atoms with Gasteiger partial charge in [0.1, 0.15) is 5.75 Å². The van der Waals surface area contributed by atoms with E-state index in [1.807, 2.05) is 18.0 Å². The van der Waals surface area contributed by atoms with Gasteiger partial charge in [-0.2, -0.15) is 0 Å². The lowest BCUT2D eigenvalue weighted by Gasteiger charge is -2.32. The molecule has 0 N–H and O–H groups in total. The van der Waals surface area contributed by atoms with Crippen LogP contribution in [0.4, 0.5) is 13.2 Å². The van der Waals surface area contributed by atoms with Gasteiger partial charge in [-0.25, -0.2) is 0 Å². The first-order chi connectivity index (χ1) is 12.3. The number of hydrogen-bond acceptors (Lipinski definition) is 3. The van der Waals surface area contributed by atoms with Crippen molar-refractivity contribution < 1.29 is 22.7 Å². The lowest BCUT2D eigenvalue weighted by atomic mass is 10.0. The van der Waals surface area contributed by atoms with Gasteiger partial charge in [0.25, 0.3) is 5.91 Å². The van der Waals surface area contributed by atoms with E-state index < -0.39 is 6.36 Å². The summed E-state index contributed by atoms with van der Waals surface area (Å²) >= 11 is 0. The molecule has 3 rings (SSSR count). The van der Waals surface area contributed by atoms with E-state index in [4.69, 9.17) is 0 Å². The number of alkyl halides is 3. The van der Waals surface area contributed by atoms with Crippen molar-refractivity contribution in [3.05, 3.63) is 54.1 Å². The second-order valence-electron chi connectivity index (χ2n) is 6.25. The van der Waals surface area contributed by atoms with Gasteiger partial charge in [0.2, 0.25) is 0 Å². The van der Waals surface area contributed by atoms with Gasteiger partial charge in [-0.15, -0.1) is 13.2 Å². The molecule has 1 amide bonds. The first-order valence-electron chi connectivity index (χ1n) is 8.26. The molecule has 0 bridgehead atoms. The topological polar surface area (TPSA) is 32.8 Å².